The topological polar surface area (TPSA) is 76.5 Å². The fraction of sp³-hybridized carbons (Fsp3) is 0.133. The Hall–Kier alpha value is -2.34. The maximum atomic E-state index is 11.4. The highest BCUT2D eigenvalue weighted by atomic mass is 32.2. The van der Waals surface area contributed by atoms with E-state index >= 15 is 0 Å². The Morgan fingerprint density at radius 1 is 1.19 bits per heavy atom. The van der Waals surface area contributed by atoms with Crippen molar-refractivity contribution in [2.45, 2.75) is 10.6 Å². The Morgan fingerprint density at radius 2 is 1.90 bits per heavy atom. The Labute approximate surface area is 126 Å². The number of nitrogens with zero attached hydrogens (tertiary/aromatic N) is 1. The van der Waals surface area contributed by atoms with Crippen LogP contribution < -0.4 is 0 Å². The molecule has 0 aliphatic carbocycles. The molecule has 0 saturated heterocycles. The van der Waals surface area contributed by atoms with Crippen LogP contribution in [0.2, 0.25) is 0 Å². The SMILES string of the molecule is COC(=O)c1cccc(CSc2ccc(C(=O)O)cc2)n1. The molecule has 5 nitrogen and oxygen atoms in total. The van der Waals surface area contributed by atoms with Crippen molar-refractivity contribution in [3.63, 3.8) is 0 Å². The maximum Gasteiger partial charge on any atom is 0.356 e. The summed E-state index contributed by atoms with van der Waals surface area (Å²) in [6.45, 7) is 0. The second-order valence-electron chi connectivity index (χ2n) is 4.12. The number of aromatic carboxylic acids is 1. The zero-order chi connectivity index (χ0) is 15.2. The Bertz CT molecular complexity index is 655. The molecule has 0 aliphatic heterocycles. The van der Waals surface area contributed by atoms with Crippen molar-refractivity contribution in [1.82, 2.24) is 4.98 Å². The van der Waals surface area contributed by atoms with Gasteiger partial charge in [-0.2, -0.15) is 0 Å². The summed E-state index contributed by atoms with van der Waals surface area (Å²) in [4.78, 5) is 27.3. The van der Waals surface area contributed by atoms with Gasteiger partial charge in [-0.1, -0.05) is 6.07 Å². The van der Waals surface area contributed by atoms with Crippen LogP contribution in [0.3, 0.4) is 0 Å². The third-order valence-corrected chi connectivity index (χ3v) is 3.73. The summed E-state index contributed by atoms with van der Waals surface area (Å²) in [6.07, 6.45) is 0. The van der Waals surface area contributed by atoms with E-state index in [0.29, 0.717) is 5.75 Å². The molecule has 108 valence electrons. The molecule has 0 atom stereocenters. The summed E-state index contributed by atoms with van der Waals surface area (Å²) in [5.74, 6) is -0.830. The van der Waals surface area contributed by atoms with Gasteiger partial charge in [0, 0.05) is 10.6 Å². The third kappa shape index (κ3) is 4.06. The van der Waals surface area contributed by atoms with E-state index in [1.54, 1.807) is 36.4 Å². The molecule has 1 aromatic heterocycles. The van der Waals surface area contributed by atoms with E-state index in [1.165, 1.54) is 18.9 Å². The predicted octanol–water partition coefficient (Wildman–Crippen LogP) is 2.86. The highest BCUT2D eigenvalue weighted by Gasteiger charge is 2.08. The van der Waals surface area contributed by atoms with Crippen molar-refractivity contribution < 1.29 is 19.4 Å². The van der Waals surface area contributed by atoms with Crippen molar-refractivity contribution in [3.05, 3.63) is 59.4 Å². The lowest BCUT2D eigenvalue weighted by Gasteiger charge is -2.04. The fourth-order valence-electron chi connectivity index (χ4n) is 1.63. The molecule has 1 N–H and O–H groups in total. The summed E-state index contributed by atoms with van der Waals surface area (Å²) < 4.78 is 4.63. The van der Waals surface area contributed by atoms with Crippen LogP contribution in [0, 0.1) is 0 Å². The summed E-state index contributed by atoms with van der Waals surface area (Å²) >= 11 is 1.51. The van der Waals surface area contributed by atoms with E-state index in [0.717, 1.165) is 10.6 Å². The van der Waals surface area contributed by atoms with E-state index in [2.05, 4.69) is 9.72 Å². The zero-order valence-corrected chi connectivity index (χ0v) is 12.1. The number of hydrogen-bond acceptors (Lipinski definition) is 5. The highest BCUT2D eigenvalue weighted by Crippen LogP contribution is 2.22. The lowest BCUT2D eigenvalue weighted by Crippen LogP contribution is -2.05. The van der Waals surface area contributed by atoms with Crippen LogP contribution in [0.4, 0.5) is 0 Å². The van der Waals surface area contributed by atoms with Gasteiger partial charge < -0.3 is 9.84 Å². The average molecular weight is 303 g/mol. The molecule has 21 heavy (non-hydrogen) atoms. The van der Waals surface area contributed by atoms with Gasteiger partial charge in [-0.15, -0.1) is 11.8 Å². The number of pyridine rings is 1. The fourth-order valence-corrected chi connectivity index (χ4v) is 2.43. The van der Waals surface area contributed by atoms with Gasteiger partial charge in [0.1, 0.15) is 5.69 Å². The highest BCUT2D eigenvalue weighted by molar-refractivity contribution is 7.98. The zero-order valence-electron chi connectivity index (χ0n) is 11.3. The van der Waals surface area contributed by atoms with Gasteiger partial charge in [0.2, 0.25) is 0 Å². The number of carboxylic acid groups (broad SMARTS) is 1. The molecular formula is C15H13NO4S. The van der Waals surface area contributed by atoms with Gasteiger partial charge in [-0.3, -0.25) is 0 Å². The van der Waals surface area contributed by atoms with Gasteiger partial charge in [0.15, 0.2) is 0 Å². The first-order chi connectivity index (χ1) is 10.1. The molecule has 0 unspecified atom stereocenters. The van der Waals surface area contributed by atoms with Crippen LogP contribution in [0.5, 0.6) is 0 Å². The minimum atomic E-state index is -0.945. The van der Waals surface area contributed by atoms with E-state index in [9.17, 15) is 9.59 Å². The average Bonchev–Trinajstić information content (AvgIpc) is 2.52. The largest absolute Gasteiger partial charge is 0.478 e. The number of carbonyl (C=O) groups excluding carboxylic acids is 1. The van der Waals surface area contributed by atoms with Gasteiger partial charge in [-0.25, -0.2) is 14.6 Å². The summed E-state index contributed by atoms with van der Waals surface area (Å²) in [5, 5.41) is 8.83. The molecule has 0 radical (unpaired) electrons. The summed E-state index contributed by atoms with van der Waals surface area (Å²) in [6, 6.07) is 11.8. The minimum Gasteiger partial charge on any atom is -0.478 e. The van der Waals surface area contributed by atoms with E-state index in [1.807, 2.05) is 6.07 Å². The second kappa shape index (κ2) is 6.90. The van der Waals surface area contributed by atoms with Crippen LogP contribution in [-0.4, -0.2) is 29.1 Å². The number of aromatic nitrogens is 1. The Morgan fingerprint density at radius 3 is 2.52 bits per heavy atom. The summed E-state index contributed by atoms with van der Waals surface area (Å²) in [5.41, 5.74) is 1.28. The number of benzene rings is 1. The molecule has 1 heterocycles. The van der Waals surface area contributed by atoms with Crippen LogP contribution in [-0.2, 0) is 10.5 Å². The van der Waals surface area contributed by atoms with Crippen molar-refractivity contribution in [2.75, 3.05) is 7.11 Å². The first-order valence-electron chi connectivity index (χ1n) is 6.10. The molecule has 1 aromatic carbocycles. The normalized spacial score (nSPS) is 10.1. The molecule has 0 saturated carbocycles. The number of thioether (sulfide) groups is 1. The number of rotatable bonds is 5. The molecule has 2 aromatic rings. The molecule has 0 bridgehead atoms. The number of ether oxygens (including phenoxy) is 1. The number of esters is 1. The number of hydrogen-bond donors (Lipinski definition) is 1. The molecule has 0 fully saturated rings. The first-order valence-corrected chi connectivity index (χ1v) is 7.09. The Kier molecular flexibility index (Phi) is 4.94. The number of carbonyl (C=O) groups is 2. The molecule has 0 spiro atoms. The van der Waals surface area contributed by atoms with Crippen LogP contribution in [0.25, 0.3) is 0 Å². The smallest absolute Gasteiger partial charge is 0.356 e. The monoisotopic (exact) mass is 303 g/mol. The van der Waals surface area contributed by atoms with Gasteiger partial charge in [0.05, 0.1) is 18.4 Å². The van der Waals surface area contributed by atoms with Crippen molar-refractivity contribution in [2.24, 2.45) is 0 Å². The van der Waals surface area contributed by atoms with E-state index in [4.69, 9.17) is 5.11 Å². The van der Waals surface area contributed by atoms with Gasteiger partial charge in [0.25, 0.3) is 0 Å². The third-order valence-electron chi connectivity index (χ3n) is 2.69. The minimum absolute atomic E-state index is 0.255. The molecule has 6 heteroatoms. The first kappa shape index (κ1) is 15.1. The lowest BCUT2D eigenvalue weighted by molar-refractivity contribution is 0.0593. The lowest BCUT2D eigenvalue weighted by atomic mass is 10.2. The second-order valence-corrected chi connectivity index (χ2v) is 5.17. The quantitative estimate of drug-likeness (QED) is 0.676. The van der Waals surface area contributed by atoms with Crippen LogP contribution >= 0.6 is 11.8 Å². The summed E-state index contributed by atoms with van der Waals surface area (Å²) in [7, 11) is 1.31. The van der Waals surface area contributed by atoms with E-state index in [-0.39, 0.29) is 11.3 Å². The molecule has 2 rings (SSSR count). The van der Waals surface area contributed by atoms with Crippen LogP contribution in [0.1, 0.15) is 26.5 Å². The van der Waals surface area contributed by atoms with Crippen LogP contribution in [0.15, 0.2) is 47.4 Å². The van der Waals surface area contributed by atoms with Crippen molar-refractivity contribution in [3.8, 4) is 0 Å². The predicted molar refractivity (Wildman–Crippen MR) is 78.5 cm³/mol. The molecule has 0 amide bonds. The molecular weight excluding hydrogens is 290 g/mol. The number of carboxylic acids is 1. The van der Waals surface area contributed by atoms with Crippen molar-refractivity contribution in [1.29, 1.82) is 0 Å². The maximum absolute atomic E-state index is 11.4. The van der Waals surface area contributed by atoms with Gasteiger partial charge >= 0.3 is 11.9 Å². The Balaban J connectivity index is 2.02. The van der Waals surface area contributed by atoms with Gasteiger partial charge in [-0.05, 0) is 36.4 Å². The number of methoxy groups -OCH3 is 1. The van der Waals surface area contributed by atoms with Crippen molar-refractivity contribution >= 4 is 23.7 Å². The standard InChI is InChI=1S/C15H13NO4S/c1-20-15(19)13-4-2-3-11(16-13)9-21-12-7-5-10(6-8-12)14(17)18/h2-8H,9H2,1H3,(H,17,18). The van der Waals surface area contributed by atoms with E-state index < -0.39 is 11.9 Å². The molecule has 0 aliphatic rings.